The van der Waals surface area contributed by atoms with Crippen LogP contribution in [0.15, 0.2) is 18.2 Å². The highest BCUT2D eigenvalue weighted by atomic mass is 16.4. The van der Waals surface area contributed by atoms with E-state index in [1.807, 2.05) is 4.90 Å². The van der Waals surface area contributed by atoms with Gasteiger partial charge in [0.25, 0.3) is 0 Å². The second kappa shape index (κ2) is 4.08. The van der Waals surface area contributed by atoms with Crippen LogP contribution in [0.2, 0.25) is 0 Å². The Kier molecular flexibility index (Phi) is 2.75. The van der Waals surface area contributed by atoms with E-state index in [2.05, 4.69) is 0 Å². The number of primary amides is 1. The number of hydrogen-bond acceptors (Lipinski definition) is 3. The molecule has 0 aliphatic carbocycles. The molecule has 3 N–H and O–H groups in total. The summed E-state index contributed by atoms with van der Waals surface area (Å²) in [6.07, 6.45) is 0.812. The first-order chi connectivity index (χ1) is 8.00. The third kappa shape index (κ3) is 1.95. The molecule has 1 amide bonds. The number of anilines is 1. The summed E-state index contributed by atoms with van der Waals surface area (Å²) in [5, 5.41) is 8.94. The van der Waals surface area contributed by atoms with Crippen LogP contribution in [0, 0.1) is 0 Å². The Bertz CT molecular complexity index is 485. The number of benzene rings is 1. The molecule has 1 aliphatic heterocycles. The summed E-state index contributed by atoms with van der Waals surface area (Å²) in [4.78, 5) is 23.9. The van der Waals surface area contributed by atoms with Gasteiger partial charge in [-0.05, 0) is 31.0 Å². The summed E-state index contributed by atoms with van der Waals surface area (Å²) in [6, 6.07) is 4.57. The van der Waals surface area contributed by atoms with E-state index < -0.39 is 17.9 Å². The van der Waals surface area contributed by atoms with Crippen LogP contribution in [0.5, 0.6) is 0 Å². The zero-order chi connectivity index (χ0) is 12.6. The molecule has 5 nitrogen and oxygen atoms in total. The van der Waals surface area contributed by atoms with Crippen LogP contribution in [0.25, 0.3) is 0 Å². The van der Waals surface area contributed by atoms with Crippen molar-refractivity contribution in [3.63, 3.8) is 0 Å². The fourth-order valence-electron chi connectivity index (χ4n) is 2.09. The minimum absolute atomic E-state index is 0.229. The molecule has 1 atom stereocenters. The van der Waals surface area contributed by atoms with E-state index in [-0.39, 0.29) is 5.56 Å². The quantitative estimate of drug-likeness (QED) is 0.803. The summed E-state index contributed by atoms with van der Waals surface area (Å²) < 4.78 is 0. The molecule has 2 rings (SSSR count). The second-order valence-corrected chi connectivity index (χ2v) is 4.17. The van der Waals surface area contributed by atoms with Crippen molar-refractivity contribution in [2.45, 2.75) is 19.4 Å². The zero-order valence-electron chi connectivity index (χ0n) is 9.51. The number of amides is 1. The largest absolute Gasteiger partial charge is 0.478 e. The number of nitrogens with zero attached hydrogens (tertiary/aromatic N) is 1. The van der Waals surface area contributed by atoms with Crippen molar-refractivity contribution in [3.8, 4) is 0 Å². The van der Waals surface area contributed by atoms with Gasteiger partial charge in [-0.3, -0.25) is 4.79 Å². The SMILES string of the molecule is CC(C(N)=O)N1CCc2ccc(C(=O)O)cc21. The van der Waals surface area contributed by atoms with Gasteiger partial charge in [-0.15, -0.1) is 0 Å². The van der Waals surface area contributed by atoms with Crippen molar-refractivity contribution < 1.29 is 14.7 Å². The van der Waals surface area contributed by atoms with Gasteiger partial charge in [-0.1, -0.05) is 6.07 Å². The molecule has 1 unspecified atom stereocenters. The van der Waals surface area contributed by atoms with E-state index >= 15 is 0 Å². The highest BCUT2D eigenvalue weighted by molar-refractivity contribution is 5.90. The van der Waals surface area contributed by atoms with Crippen LogP contribution in [-0.2, 0) is 11.2 Å². The fraction of sp³-hybridized carbons (Fsp3) is 0.333. The summed E-state index contributed by atoms with van der Waals surface area (Å²) in [5.41, 5.74) is 7.36. The van der Waals surface area contributed by atoms with E-state index in [4.69, 9.17) is 10.8 Å². The van der Waals surface area contributed by atoms with Crippen LogP contribution in [0.4, 0.5) is 5.69 Å². The first kappa shape index (κ1) is 11.4. The lowest BCUT2D eigenvalue weighted by Crippen LogP contribution is -2.41. The van der Waals surface area contributed by atoms with Gasteiger partial charge < -0.3 is 15.7 Å². The molecule has 90 valence electrons. The molecule has 0 saturated heterocycles. The lowest BCUT2D eigenvalue weighted by Gasteiger charge is -2.24. The van der Waals surface area contributed by atoms with Crippen LogP contribution >= 0.6 is 0 Å². The molecule has 1 aromatic carbocycles. The van der Waals surface area contributed by atoms with Crippen molar-refractivity contribution >= 4 is 17.6 Å². The molecule has 0 bridgehead atoms. The van der Waals surface area contributed by atoms with Gasteiger partial charge in [0, 0.05) is 12.2 Å². The van der Waals surface area contributed by atoms with Gasteiger partial charge in [0.15, 0.2) is 0 Å². The van der Waals surface area contributed by atoms with E-state index in [0.717, 1.165) is 17.7 Å². The van der Waals surface area contributed by atoms with E-state index in [9.17, 15) is 9.59 Å². The van der Waals surface area contributed by atoms with Crippen molar-refractivity contribution in [2.24, 2.45) is 5.73 Å². The zero-order valence-corrected chi connectivity index (χ0v) is 9.51. The molecule has 1 heterocycles. The average molecular weight is 234 g/mol. The Balaban J connectivity index is 2.39. The maximum atomic E-state index is 11.2. The van der Waals surface area contributed by atoms with Crippen molar-refractivity contribution in [2.75, 3.05) is 11.4 Å². The molecule has 17 heavy (non-hydrogen) atoms. The topological polar surface area (TPSA) is 83.6 Å². The lowest BCUT2D eigenvalue weighted by atomic mass is 10.1. The standard InChI is InChI=1S/C12H14N2O3/c1-7(11(13)15)14-5-4-8-2-3-9(12(16)17)6-10(8)14/h2-3,6-7H,4-5H2,1H3,(H2,13,15)(H,16,17). The molecular formula is C12H14N2O3. The minimum Gasteiger partial charge on any atom is -0.478 e. The van der Waals surface area contributed by atoms with Crippen LogP contribution in [0.3, 0.4) is 0 Å². The highest BCUT2D eigenvalue weighted by Gasteiger charge is 2.27. The molecule has 0 aromatic heterocycles. The molecule has 0 radical (unpaired) electrons. The number of fused-ring (bicyclic) bond motifs is 1. The second-order valence-electron chi connectivity index (χ2n) is 4.17. The normalized spacial score (nSPS) is 15.5. The highest BCUT2D eigenvalue weighted by Crippen LogP contribution is 2.30. The number of carboxylic acids is 1. The van der Waals surface area contributed by atoms with Crippen molar-refractivity contribution in [1.82, 2.24) is 0 Å². The number of carbonyl (C=O) groups is 2. The Morgan fingerprint density at radius 2 is 2.18 bits per heavy atom. The average Bonchev–Trinajstić information content (AvgIpc) is 2.70. The summed E-state index contributed by atoms with van der Waals surface area (Å²) >= 11 is 0. The smallest absolute Gasteiger partial charge is 0.335 e. The number of nitrogens with two attached hydrogens (primary N) is 1. The molecule has 0 fully saturated rings. The van der Waals surface area contributed by atoms with E-state index in [1.165, 1.54) is 0 Å². The van der Waals surface area contributed by atoms with Crippen molar-refractivity contribution in [1.29, 1.82) is 0 Å². The van der Waals surface area contributed by atoms with Crippen LogP contribution < -0.4 is 10.6 Å². The lowest BCUT2D eigenvalue weighted by molar-refractivity contribution is -0.118. The van der Waals surface area contributed by atoms with Gasteiger partial charge in [0.2, 0.25) is 5.91 Å². The number of carboxylic acid groups (broad SMARTS) is 1. The summed E-state index contributed by atoms with van der Waals surface area (Å²) in [5.74, 6) is -1.37. The van der Waals surface area contributed by atoms with Gasteiger partial charge >= 0.3 is 5.97 Å². The number of aromatic carboxylic acids is 1. The predicted molar refractivity (Wildman–Crippen MR) is 63.1 cm³/mol. The fourth-order valence-corrected chi connectivity index (χ4v) is 2.09. The first-order valence-corrected chi connectivity index (χ1v) is 5.43. The Morgan fingerprint density at radius 1 is 1.47 bits per heavy atom. The van der Waals surface area contributed by atoms with Gasteiger partial charge in [-0.25, -0.2) is 4.79 Å². The summed E-state index contributed by atoms with van der Waals surface area (Å²) in [6.45, 7) is 2.42. The molecule has 5 heteroatoms. The molecule has 1 aromatic rings. The van der Waals surface area contributed by atoms with E-state index in [1.54, 1.807) is 25.1 Å². The Labute approximate surface area is 98.8 Å². The third-order valence-corrected chi connectivity index (χ3v) is 3.14. The van der Waals surface area contributed by atoms with Gasteiger partial charge in [-0.2, -0.15) is 0 Å². The maximum Gasteiger partial charge on any atom is 0.335 e. The van der Waals surface area contributed by atoms with Crippen molar-refractivity contribution in [3.05, 3.63) is 29.3 Å². The Hall–Kier alpha value is -2.04. The van der Waals surface area contributed by atoms with E-state index in [0.29, 0.717) is 6.54 Å². The predicted octanol–water partition coefficient (Wildman–Crippen LogP) is 0.621. The Morgan fingerprint density at radius 3 is 2.76 bits per heavy atom. The number of rotatable bonds is 3. The molecular weight excluding hydrogens is 220 g/mol. The summed E-state index contributed by atoms with van der Waals surface area (Å²) in [7, 11) is 0. The third-order valence-electron chi connectivity index (χ3n) is 3.14. The van der Waals surface area contributed by atoms with Crippen LogP contribution in [-0.4, -0.2) is 29.6 Å². The molecule has 1 aliphatic rings. The number of hydrogen-bond donors (Lipinski definition) is 2. The minimum atomic E-state index is -0.966. The van der Waals surface area contributed by atoms with Gasteiger partial charge in [0.1, 0.15) is 6.04 Å². The van der Waals surface area contributed by atoms with Gasteiger partial charge in [0.05, 0.1) is 5.56 Å². The van der Waals surface area contributed by atoms with Crippen LogP contribution in [0.1, 0.15) is 22.8 Å². The first-order valence-electron chi connectivity index (χ1n) is 5.43. The monoisotopic (exact) mass is 234 g/mol. The molecule has 0 saturated carbocycles. The maximum absolute atomic E-state index is 11.2. The number of carbonyl (C=O) groups excluding carboxylic acids is 1. The molecule has 0 spiro atoms.